The maximum Gasteiger partial charge on any atom is 0.417 e. The average molecular weight is 222 g/mol. The molecule has 84 valence electrons. The summed E-state index contributed by atoms with van der Waals surface area (Å²) in [6, 6.07) is 5.27. The number of aromatic amines is 1. The number of carbonyl (C=O) groups is 1. The minimum Gasteiger partial charge on any atom is -0.465 e. The zero-order valence-corrected chi connectivity index (χ0v) is 8.32. The Kier molecular flexibility index (Phi) is 2.63. The lowest BCUT2D eigenvalue weighted by Crippen LogP contribution is -2.23. The van der Waals surface area contributed by atoms with E-state index in [-0.39, 0.29) is 0 Å². The van der Waals surface area contributed by atoms with E-state index >= 15 is 0 Å². The van der Waals surface area contributed by atoms with Gasteiger partial charge in [0.25, 0.3) is 0 Å². The number of oxazole rings is 1. The molecule has 16 heavy (non-hydrogen) atoms. The summed E-state index contributed by atoms with van der Waals surface area (Å²) in [4.78, 5) is 23.6. The molecule has 0 saturated carbocycles. The van der Waals surface area contributed by atoms with Crippen molar-refractivity contribution in [1.82, 2.24) is 10.3 Å². The Balaban J connectivity index is 2.13. The quantitative estimate of drug-likeness (QED) is 0.719. The number of amides is 1. The Morgan fingerprint density at radius 2 is 2.31 bits per heavy atom. The van der Waals surface area contributed by atoms with Crippen molar-refractivity contribution in [2.24, 2.45) is 0 Å². The lowest BCUT2D eigenvalue weighted by Gasteiger charge is -2.00. The smallest absolute Gasteiger partial charge is 0.417 e. The average Bonchev–Trinajstić information content (AvgIpc) is 2.56. The number of benzene rings is 1. The van der Waals surface area contributed by atoms with E-state index in [2.05, 4.69) is 10.3 Å². The van der Waals surface area contributed by atoms with Gasteiger partial charge >= 0.3 is 11.8 Å². The van der Waals surface area contributed by atoms with Gasteiger partial charge in [-0.15, -0.1) is 0 Å². The summed E-state index contributed by atoms with van der Waals surface area (Å²) in [6.45, 7) is 0.329. The maximum absolute atomic E-state index is 10.9. The van der Waals surface area contributed by atoms with Crippen LogP contribution in [0.5, 0.6) is 0 Å². The molecule has 1 aromatic carbocycles. The molecule has 0 aliphatic carbocycles. The number of rotatable bonds is 3. The number of H-pyrrole nitrogens is 1. The van der Waals surface area contributed by atoms with Crippen LogP contribution in [0.1, 0.15) is 5.56 Å². The molecule has 3 N–H and O–H groups in total. The molecular formula is C10H10N2O4. The van der Waals surface area contributed by atoms with Gasteiger partial charge in [-0.05, 0) is 24.1 Å². The molecule has 6 heteroatoms. The third kappa shape index (κ3) is 2.22. The van der Waals surface area contributed by atoms with E-state index in [1.165, 1.54) is 0 Å². The molecule has 2 aromatic rings. The number of hydrogen-bond donors (Lipinski definition) is 3. The molecule has 0 bridgehead atoms. The van der Waals surface area contributed by atoms with Gasteiger partial charge in [-0.25, -0.2) is 9.59 Å². The monoisotopic (exact) mass is 222 g/mol. The number of fused-ring (bicyclic) bond motifs is 1. The molecule has 6 nitrogen and oxygen atoms in total. The van der Waals surface area contributed by atoms with E-state index in [1.807, 2.05) is 6.07 Å². The van der Waals surface area contributed by atoms with Crippen LogP contribution in [0, 0.1) is 0 Å². The SMILES string of the molecule is O=C(O)NCCc1ccc2[nH]c(=O)oc2c1. The molecule has 1 aromatic heterocycles. The van der Waals surface area contributed by atoms with E-state index in [1.54, 1.807) is 12.1 Å². The Morgan fingerprint density at radius 3 is 3.06 bits per heavy atom. The highest BCUT2D eigenvalue weighted by atomic mass is 16.4. The van der Waals surface area contributed by atoms with Crippen molar-refractivity contribution in [2.45, 2.75) is 6.42 Å². The largest absolute Gasteiger partial charge is 0.465 e. The van der Waals surface area contributed by atoms with Crippen LogP contribution in [0.2, 0.25) is 0 Å². The van der Waals surface area contributed by atoms with Crippen molar-refractivity contribution < 1.29 is 14.3 Å². The highest BCUT2D eigenvalue weighted by molar-refractivity contribution is 5.72. The predicted octanol–water partition coefficient (Wildman–Crippen LogP) is 0.931. The van der Waals surface area contributed by atoms with E-state index < -0.39 is 11.8 Å². The second-order valence-electron chi connectivity index (χ2n) is 3.33. The first-order chi connectivity index (χ1) is 7.65. The zero-order valence-electron chi connectivity index (χ0n) is 8.32. The highest BCUT2D eigenvalue weighted by Gasteiger charge is 2.02. The summed E-state index contributed by atoms with van der Waals surface area (Å²) in [5, 5.41) is 10.7. The van der Waals surface area contributed by atoms with Gasteiger partial charge in [0.05, 0.1) is 5.52 Å². The van der Waals surface area contributed by atoms with Gasteiger partial charge in [0.2, 0.25) is 0 Å². The number of aromatic nitrogens is 1. The number of nitrogens with one attached hydrogen (secondary N) is 2. The van der Waals surface area contributed by atoms with Crippen LogP contribution >= 0.6 is 0 Å². The molecular weight excluding hydrogens is 212 g/mol. The van der Waals surface area contributed by atoms with Gasteiger partial charge in [-0.2, -0.15) is 0 Å². The van der Waals surface area contributed by atoms with Gasteiger partial charge < -0.3 is 14.8 Å². The summed E-state index contributed by atoms with van der Waals surface area (Å²) < 4.78 is 4.89. The zero-order chi connectivity index (χ0) is 11.5. The van der Waals surface area contributed by atoms with Crippen molar-refractivity contribution in [2.75, 3.05) is 6.54 Å². The minimum atomic E-state index is -1.05. The predicted molar refractivity (Wildman–Crippen MR) is 56.6 cm³/mol. The van der Waals surface area contributed by atoms with Crippen LogP contribution in [0.4, 0.5) is 4.79 Å². The van der Waals surface area contributed by atoms with E-state index in [9.17, 15) is 9.59 Å². The first kappa shape index (κ1) is 10.3. The number of carboxylic acid groups (broad SMARTS) is 1. The fourth-order valence-corrected chi connectivity index (χ4v) is 1.46. The minimum absolute atomic E-state index is 0.329. The van der Waals surface area contributed by atoms with Crippen LogP contribution in [0.25, 0.3) is 11.1 Å². The molecule has 1 heterocycles. The van der Waals surface area contributed by atoms with E-state index in [4.69, 9.17) is 9.52 Å². The van der Waals surface area contributed by atoms with Crippen molar-refractivity contribution in [3.05, 3.63) is 34.3 Å². The fourth-order valence-electron chi connectivity index (χ4n) is 1.46. The molecule has 0 aliphatic heterocycles. The van der Waals surface area contributed by atoms with E-state index in [0.717, 1.165) is 5.56 Å². The molecule has 0 saturated heterocycles. The summed E-state index contributed by atoms with van der Waals surface area (Å²) in [7, 11) is 0. The van der Waals surface area contributed by atoms with Crippen molar-refractivity contribution in [1.29, 1.82) is 0 Å². The molecule has 0 fully saturated rings. The Hall–Kier alpha value is -2.24. The first-order valence-corrected chi connectivity index (χ1v) is 4.74. The van der Waals surface area contributed by atoms with Crippen LogP contribution in [-0.2, 0) is 6.42 Å². The Bertz CT molecular complexity index is 569. The summed E-state index contributed by atoms with van der Waals surface area (Å²) in [6.07, 6.45) is -0.494. The third-order valence-electron chi connectivity index (χ3n) is 2.18. The van der Waals surface area contributed by atoms with Gasteiger partial charge in [0.1, 0.15) is 0 Å². The molecule has 0 atom stereocenters. The van der Waals surface area contributed by atoms with Gasteiger partial charge in [0.15, 0.2) is 5.58 Å². The van der Waals surface area contributed by atoms with Gasteiger partial charge in [-0.3, -0.25) is 4.98 Å². The standard InChI is InChI=1S/C10H10N2O4/c13-9(14)11-4-3-6-1-2-7-8(5-6)16-10(15)12-7/h1-2,5,11H,3-4H2,(H,12,15)(H,13,14). The second-order valence-corrected chi connectivity index (χ2v) is 3.33. The summed E-state index contributed by atoms with van der Waals surface area (Å²) in [5.41, 5.74) is 2.03. The van der Waals surface area contributed by atoms with Crippen LogP contribution in [-0.4, -0.2) is 22.7 Å². The summed E-state index contributed by atoms with van der Waals surface area (Å²) >= 11 is 0. The van der Waals surface area contributed by atoms with E-state index in [0.29, 0.717) is 24.1 Å². The molecule has 0 aliphatic rings. The second kappa shape index (κ2) is 4.09. The molecule has 2 rings (SSSR count). The van der Waals surface area contributed by atoms with Crippen molar-refractivity contribution in [3.8, 4) is 0 Å². The van der Waals surface area contributed by atoms with Crippen molar-refractivity contribution in [3.63, 3.8) is 0 Å². The van der Waals surface area contributed by atoms with Crippen LogP contribution in [0.15, 0.2) is 27.4 Å². The Labute approximate surface area is 89.9 Å². The van der Waals surface area contributed by atoms with Crippen molar-refractivity contribution >= 4 is 17.2 Å². The maximum atomic E-state index is 10.9. The molecule has 1 amide bonds. The fraction of sp³-hybridized carbons (Fsp3) is 0.200. The third-order valence-corrected chi connectivity index (χ3v) is 2.18. The van der Waals surface area contributed by atoms with Crippen LogP contribution in [0.3, 0.4) is 0 Å². The first-order valence-electron chi connectivity index (χ1n) is 4.74. The summed E-state index contributed by atoms with van der Waals surface area (Å²) in [5.74, 6) is -0.490. The van der Waals surface area contributed by atoms with Gasteiger partial charge in [-0.1, -0.05) is 6.07 Å². The van der Waals surface area contributed by atoms with Crippen LogP contribution < -0.4 is 11.1 Å². The Morgan fingerprint density at radius 1 is 1.50 bits per heavy atom. The normalized spacial score (nSPS) is 10.5. The lowest BCUT2D eigenvalue weighted by atomic mass is 10.1. The number of hydrogen-bond acceptors (Lipinski definition) is 3. The highest BCUT2D eigenvalue weighted by Crippen LogP contribution is 2.12. The molecule has 0 spiro atoms. The topological polar surface area (TPSA) is 95.3 Å². The van der Waals surface area contributed by atoms with Gasteiger partial charge in [0, 0.05) is 6.54 Å². The lowest BCUT2D eigenvalue weighted by molar-refractivity contribution is 0.194. The molecule has 0 unspecified atom stereocenters. The molecule has 0 radical (unpaired) electrons.